The first-order chi connectivity index (χ1) is 5.49. The first-order valence-electron chi connectivity index (χ1n) is 3.30. The van der Waals surface area contributed by atoms with Gasteiger partial charge in [-0.3, -0.25) is 0 Å². The Morgan fingerprint density at radius 2 is 2.17 bits per heavy atom. The van der Waals surface area contributed by atoms with Gasteiger partial charge in [0, 0.05) is 11.8 Å². The Bertz CT molecular complexity index is 372. The summed E-state index contributed by atoms with van der Waals surface area (Å²) < 4.78 is 26.0. The van der Waals surface area contributed by atoms with Gasteiger partial charge in [-0.05, 0) is 13.0 Å². The summed E-state index contributed by atoms with van der Waals surface area (Å²) >= 11 is 0. The molecule has 0 saturated carbocycles. The summed E-state index contributed by atoms with van der Waals surface area (Å²) in [5, 5.41) is 0. The van der Waals surface area contributed by atoms with Crippen molar-refractivity contribution in [2.24, 2.45) is 0 Å². The van der Waals surface area contributed by atoms with E-state index in [1.807, 2.05) is 0 Å². The molecule has 0 radical (unpaired) electrons. The number of pyridine rings is 1. The maximum atomic E-state index is 10.7. The molecule has 0 fully saturated rings. The maximum absolute atomic E-state index is 10.7. The molecule has 0 aliphatic rings. The fourth-order valence-electron chi connectivity index (χ4n) is 0.702. The lowest BCUT2D eigenvalue weighted by atomic mass is 10.3. The monoisotopic (exact) mass is 187 g/mol. The summed E-state index contributed by atoms with van der Waals surface area (Å²) in [6.45, 7) is 1.73. The van der Waals surface area contributed by atoms with Gasteiger partial charge in [0.15, 0.2) is 0 Å². The van der Waals surface area contributed by atoms with E-state index >= 15 is 0 Å². The van der Waals surface area contributed by atoms with Crippen molar-refractivity contribution >= 4 is 10.1 Å². The van der Waals surface area contributed by atoms with Crippen molar-refractivity contribution in [2.75, 3.05) is 6.26 Å². The number of hydrogen-bond donors (Lipinski definition) is 0. The molecule has 0 bridgehead atoms. The van der Waals surface area contributed by atoms with E-state index in [0.717, 1.165) is 6.26 Å². The van der Waals surface area contributed by atoms with Crippen LogP contribution in [0.4, 0.5) is 0 Å². The van der Waals surface area contributed by atoms with E-state index in [0.29, 0.717) is 5.56 Å². The van der Waals surface area contributed by atoms with E-state index in [1.165, 1.54) is 6.20 Å². The molecule has 0 spiro atoms. The van der Waals surface area contributed by atoms with E-state index in [9.17, 15) is 8.42 Å². The van der Waals surface area contributed by atoms with Crippen LogP contribution in [0, 0.1) is 6.92 Å². The predicted octanol–water partition coefficient (Wildman–Crippen LogP) is 0.728. The second kappa shape index (κ2) is 3.10. The molecule has 1 heterocycles. The molecule has 5 heteroatoms. The van der Waals surface area contributed by atoms with Crippen LogP contribution in [0.2, 0.25) is 0 Å². The second-order valence-corrected chi connectivity index (χ2v) is 3.99. The summed E-state index contributed by atoms with van der Waals surface area (Å²) in [5.41, 5.74) is 0.697. The number of hydrogen-bond acceptors (Lipinski definition) is 4. The highest BCUT2D eigenvalue weighted by atomic mass is 32.2. The van der Waals surface area contributed by atoms with Crippen molar-refractivity contribution in [3.05, 3.63) is 23.9 Å². The van der Waals surface area contributed by atoms with Gasteiger partial charge in [0.25, 0.3) is 0 Å². The van der Waals surface area contributed by atoms with Gasteiger partial charge in [-0.15, -0.1) is 0 Å². The van der Waals surface area contributed by atoms with Crippen LogP contribution in [-0.4, -0.2) is 19.7 Å². The Morgan fingerprint density at radius 1 is 1.50 bits per heavy atom. The summed E-state index contributed by atoms with van der Waals surface area (Å²) in [4.78, 5) is 3.76. The number of nitrogens with zero attached hydrogens (tertiary/aromatic N) is 1. The topological polar surface area (TPSA) is 56.3 Å². The quantitative estimate of drug-likeness (QED) is 0.640. The fourth-order valence-corrected chi connectivity index (χ4v) is 1.16. The van der Waals surface area contributed by atoms with Crippen molar-refractivity contribution in [1.29, 1.82) is 0 Å². The van der Waals surface area contributed by atoms with Crippen molar-refractivity contribution in [1.82, 2.24) is 4.98 Å². The molecule has 1 rings (SSSR count). The SMILES string of the molecule is Cc1cccnc1OS(C)(=O)=O. The Labute approximate surface area is 71.3 Å². The lowest BCUT2D eigenvalue weighted by Crippen LogP contribution is -2.07. The second-order valence-electron chi connectivity index (χ2n) is 2.41. The van der Waals surface area contributed by atoms with Gasteiger partial charge in [0.05, 0.1) is 6.26 Å². The van der Waals surface area contributed by atoms with Crippen LogP contribution in [0.25, 0.3) is 0 Å². The minimum Gasteiger partial charge on any atom is -0.362 e. The normalized spacial score (nSPS) is 11.2. The van der Waals surface area contributed by atoms with Gasteiger partial charge in [0.1, 0.15) is 0 Å². The highest BCUT2D eigenvalue weighted by Crippen LogP contribution is 2.13. The first kappa shape index (κ1) is 8.99. The van der Waals surface area contributed by atoms with E-state index in [-0.39, 0.29) is 5.88 Å². The molecule has 0 aliphatic heterocycles. The Morgan fingerprint density at radius 3 is 2.67 bits per heavy atom. The molecule has 1 aromatic heterocycles. The molecule has 0 atom stereocenters. The van der Waals surface area contributed by atoms with Gasteiger partial charge < -0.3 is 4.18 Å². The van der Waals surface area contributed by atoms with Crippen LogP contribution in [0.5, 0.6) is 5.88 Å². The third kappa shape index (κ3) is 2.50. The van der Waals surface area contributed by atoms with E-state index in [2.05, 4.69) is 9.17 Å². The van der Waals surface area contributed by atoms with Gasteiger partial charge in [-0.2, -0.15) is 8.42 Å². The summed E-state index contributed by atoms with van der Waals surface area (Å²) in [6, 6.07) is 3.44. The average Bonchev–Trinajstić information content (AvgIpc) is 1.91. The Balaban J connectivity index is 2.98. The molecule has 1 aromatic rings. The predicted molar refractivity (Wildman–Crippen MR) is 44.4 cm³/mol. The largest absolute Gasteiger partial charge is 0.362 e. The molecule has 0 N–H and O–H groups in total. The molecule has 4 nitrogen and oxygen atoms in total. The van der Waals surface area contributed by atoms with Gasteiger partial charge >= 0.3 is 10.1 Å². The van der Waals surface area contributed by atoms with E-state index < -0.39 is 10.1 Å². The van der Waals surface area contributed by atoms with Crippen molar-refractivity contribution in [3.63, 3.8) is 0 Å². The molecular formula is C7H9NO3S. The molecule has 0 aliphatic carbocycles. The number of aromatic nitrogens is 1. The zero-order valence-corrected chi connectivity index (χ0v) is 7.63. The summed E-state index contributed by atoms with van der Waals surface area (Å²) in [5.74, 6) is 0.139. The van der Waals surface area contributed by atoms with Crippen molar-refractivity contribution in [3.8, 4) is 5.88 Å². The van der Waals surface area contributed by atoms with Crippen LogP contribution < -0.4 is 4.18 Å². The zero-order chi connectivity index (χ0) is 9.19. The molecule has 0 amide bonds. The van der Waals surface area contributed by atoms with Gasteiger partial charge in [-0.1, -0.05) is 6.07 Å². The Kier molecular flexibility index (Phi) is 2.32. The standard InChI is InChI=1S/C7H9NO3S/c1-6-4-3-5-8-7(6)11-12(2,9)10/h3-5H,1-2H3. The van der Waals surface area contributed by atoms with Crippen molar-refractivity contribution in [2.45, 2.75) is 6.92 Å². The first-order valence-corrected chi connectivity index (χ1v) is 5.12. The fraction of sp³-hybridized carbons (Fsp3) is 0.286. The minimum atomic E-state index is -3.46. The summed E-state index contributed by atoms with van der Waals surface area (Å²) in [7, 11) is -3.46. The van der Waals surface area contributed by atoms with E-state index in [1.54, 1.807) is 19.1 Å². The highest BCUT2D eigenvalue weighted by Gasteiger charge is 2.06. The Hall–Kier alpha value is -1.10. The van der Waals surface area contributed by atoms with E-state index in [4.69, 9.17) is 0 Å². The third-order valence-corrected chi connectivity index (χ3v) is 1.65. The average molecular weight is 187 g/mol. The summed E-state index contributed by atoms with van der Waals surface area (Å²) in [6.07, 6.45) is 2.47. The number of aryl methyl sites for hydroxylation is 1. The van der Waals surface area contributed by atoms with Crippen LogP contribution >= 0.6 is 0 Å². The number of rotatable bonds is 2. The molecule has 0 unspecified atom stereocenters. The highest BCUT2D eigenvalue weighted by molar-refractivity contribution is 7.86. The molecule has 0 aromatic carbocycles. The van der Waals surface area contributed by atoms with Crippen LogP contribution in [-0.2, 0) is 10.1 Å². The minimum absolute atomic E-state index is 0.139. The lowest BCUT2D eigenvalue weighted by molar-refractivity contribution is 0.480. The van der Waals surface area contributed by atoms with Crippen molar-refractivity contribution < 1.29 is 12.6 Å². The molecule has 66 valence electrons. The van der Waals surface area contributed by atoms with Crippen LogP contribution in [0.3, 0.4) is 0 Å². The maximum Gasteiger partial charge on any atom is 0.307 e. The molecular weight excluding hydrogens is 178 g/mol. The molecule has 12 heavy (non-hydrogen) atoms. The zero-order valence-electron chi connectivity index (χ0n) is 6.81. The third-order valence-electron chi connectivity index (χ3n) is 1.19. The van der Waals surface area contributed by atoms with Crippen LogP contribution in [0.15, 0.2) is 18.3 Å². The van der Waals surface area contributed by atoms with Gasteiger partial charge in [-0.25, -0.2) is 4.98 Å². The lowest BCUT2D eigenvalue weighted by Gasteiger charge is -2.02. The van der Waals surface area contributed by atoms with Gasteiger partial charge in [0.2, 0.25) is 5.88 Å². The van der Waals surface area contributed by atoms with Crippen LogP contribution in [0.1, 0.15) is 5.56 Å². The molecule has 0 saturated heterocycles. The smallest absolute Gasteiger partial charge is 0.307 e.